The molecule has 4 nitrogen and oxygen atoms in total. The zero-order valence-electron chi connectivity index (χ0n) is 11.2. The zero-order valence-corrected chi connectivity index (χ0v) is 11.2. The van der Waals surface area contributed by atoms with Crippen molar-refractivity contribution in [3.63, 3.8) is 0 Å². The second kappa shape index (κ2) is 6.24. The third kappa shape index (κ3) is 6.51. The summed E-state index contributed by atoms with van der Waals surface area (Å²) in [6, 6.07) is 0. The number of rotatable bonds is 3. The Morgan fingerprint density at radius 2 is 1.88 bits per heavy atom. The van der Waals surface area contributed by atoms with Gasteiger partial charge in [0.15, 0.2) is 0 Å². The molecule has 0 radical (unpaired) electrons. The molecule has 0 heterocycles. The van der Waals surface area contributed by atoms with Crippen molar-refractivity contribution in [3.05, 3.63) is 0 Å². The van der Waals surface area contributed by atoms with Crippen LogP contribution in [0.15, 0.2) is 0 Å². The average Bonchev–Trinajstić information content (AvgIpc) is 2.18. The fourth-order valence-electron chi connectivity index (χ4n) is 2.13. The standard InChI is InChI=1S/C13H25NO3/c1-13(2,3)17-12(16)14-9-8-10-4-6-11(15)7-5-10/h10-11,15H,4-9H2,1-3H3,(H,14,16)/t10-,11+. The molecule has 4 heteroatoms. The number of nitrogens with one attached hydrogen (secondary N) is 1. The SMILES string of the molecule is CC(C)(C)OC(=O)NCC[C@H]1CC[C@@H](O)CC1. The van der Waals surface area contributed by atoms with Crippen molar-refractivity contribution in [1.29, 1.82) is 0 Å². The molecule has 0 aromatic rings. The number of alkyl carbamates (subject to hydrolysis) is 1. The van der Waals surface area contributed by atoms with Crippen molar-refractivity contribution in [1.82, 2.24) is 5.32 Å². The van der Waals surface area contributed by atoms with Gasteiger partial charge in [-0.3, -0.25) is 0 Å². The van der Waals surface area contributed by atoms with Crippen LogP contribution in [-0.2, 0) is 4.74 Å². The van der Waals surface area contributed by atoms with Crippen molar-refractivity contribution < 1.29 is 14.6 Å². The topological polar surface area (TPSA) is 58.6 Å². The molecule has 0 aromatic carbocycles. The zero-order chi connectivity index (χ0) is 12.9. The number of aliphatic hydroxyl groups is 1. The van der Waals surface area contributed by atoms with Crippen molar-refractivity contribution in [2.75, 3.05) is 6.54 Å². The fourth-order valence-corrected chi connectivity index (χ4v) is 2.13. The minimum atomic E-state index is -0.432. The molecule has 0 unspecified atom stereocenters. The molecule has 0 aliphatic heterocycles. The Kier molecular flexibility index (Phi) is 5.25. The van der Waals surface area contributed by atoms with Gasteiger partial charge in [0, 0.05) is 6.54 Å². The highest BCUT2D eigenvalue weighted by atomic mass is 16.6. The minimum Gasteiger partial charge on any atom is -0.444 e. The maximum atomic E-state index is 11.4. The second-order valence-corrected chi connectivity index (χ2v) is 5.89. The molecule has 2 N–H and O–H groups in total. The maximum Gasteiger partial charge on any atom is 0.407 e. The summed E-state index contributed by atoms with van der Waals surface area (Å²) in [5.74, 6) is 0.633. The van der Waals surface area contributed by atoms with Gasteiger partial charge < -0.3 is 15.2 Å². The van der Waals surface area contributed by atoms with E-state index in [9.17, 15) is 9.90 Å². The van der Waals surface area contributed by atoms with Crippen LogP contribution in [0.5, 0.6) is 0 Å². The lowest BCUT2D eigenvalue weighted by Gasteiger charge is -2.25. The van der Waals surface area contributed by atoms with Crippen LogP contribution in [0.2, 0.25) is 0 Å². The van der Waals surface area contributed by atoms with E-state index in [1.54, 1.807) is 0 Å². The number of carbonyl (C=O) groups excluding carboxylic acids is 1. The third-order valence-corrected chi connectivity index (χ3v) is 3.04. The van der Waals surface area contributed by atoms with Gasteiger partial charge in [-0.1, -0.05) is 0 Å². The Morgan fingerprint density at radius 3 is 2.41 bits per heavy atom. The van der Waals surface area contributed by atoms with E-state index < -0.39 is 5.60 Å². The molecule has 1 rings (SSSR count). The highest BCUT2D eigenvalue weighted by Gasteiger charge is 2.20. The van der Waals surface area contributed by atoms with Crippen LogP contribution in [0.3, 0.4) is 0 Å². The van der Waals surface area contributed by atoms with Crippen LogP contribution in [-0.4, -0.2) is 29.4 Å². The Hall–Kier alpha value is -0.770. The van der Waals surface area contributed by atoms with Crippen LogP contribution in [0.1, 0.15) is 52.9 Å². The first-order chi connectivity index (χ1) is 7.87. The normalized spacial score (nSPS) is 25.4. The number of amides is 1. The molecule has 0 aromatic heterocycles. The molecule has 1 amide bonds. The summed E-state index contributed by atoms with van der Waals surface area (Å²) in [7, 11) is 0. The van der Waals surface area contributed by atoms with Crippen LogP contribution in [0, 0.1) is 5.92 Å². The Bertz CT molecular complexity index is 240. The lowest BCUT2D eigenvalue weighted by Crippen LogP contribution is -2.34. The minimum absolute atomic E-state index is 0.106. The fraction of sp³-hybridized carbons (Fsp3) is 0.923. The smallest absolute Gasteiger partial charge is 0.407 e. The predicted octanol–water partition coefficient (Wildman–Crippen LogP) is 2.45. The first-order valence-electron chi connectivity index (χ1n) is 6.52. The van der Waals surface area contributed by atoms with Gasteiger partial charge in [-0.05, 0) is 58.8 Å². The summed E-state index contributed by atoms with van der Waals surface area (Å²) in [5.41, 5.74) is -0.432. The summed E-state index contributed by atoms with van der Waals surface area (Å²) in [6.45, 7) is 6.23. The third-order valence-electron chi connectivity index (χ3n) is 3.04. The molecule has 0 bridgehead atoms. The molecular formula is C13H25NO3. The van der Waals surface area contributed by atoms with E-state index in [-0.39, 0.29) is 12.2 Å². The summed E-state index contributed by atoms with van der Waals surface area (Å²) in [5, 5.41) is 12.2. The summed E-state index contributed by atoms with van der Waals surface area (Å²) < 4.78 is 5.15. The molecule has 1 fully saturated rings. The molecule has 0 spiro atoms. The first-order valence-corrected chi connectivity index (χ1v) is 6.52. The van der Waals surface area contributed by atoms with E-state index in [0.717, 1.165) is 32.1 Å². The van der Waals surface area contributed by atoms with Gasteiger partial charge in [0.05, 0.1) is 6.10 Å². The molecule has 100 valence electrons. The van der Waals surface area contributed by atoms with Crippen LogP contribution in [0.4, 0.5) is 4.79 Å². The van der Waals surface area contributed by atoms with Gasteiger partial charge in [0.25, 0.3) is 0 Å². The summed E-state index contributed by atoms with van der Waals surface area (Å²) in [4.78, 5) is 11.4. The number of aliphatic hydroxyl groups excluding tert-OH is 1. The van der Waals surface area contributed by atoms with E-state index >= 15 is 0 Å². The van der Waals surface area contributed by atoms with Gasteiger partial charge in [-0.2, -0.15) is 0 Å². The van der Waals surface area contributed by atoms with Crippen LogP contribution in [0.25, 0.3) is 0 Å². The largest absolute Gasteiger partial charge is 0.444 e. The van der Waals surface area contributed by atoms with E-state index in [2.05, 4.69) is 5.32 Å². The van der Waals surface area contributed by atoms with Gasteiger partial charge >= 0.3 is 6.09 Å². The molecular weight excluding hydrogens is 218 g/mol. The Morgan fingerprint density at radius 1 is 1.29 bits per heavy atom. The van der Waals surface area contributed by atoms with Gasteiger partial charge in [0.1, 0.15) is 5.60 Å². The second-order valence-electron chi connectivity index (χ2n) is 5.89. The van der Waals surface area contributed by atoms with Gasteiger partial charge in [0.2, 0.25) is 0 Å². The van der Waals surface area contributed by atoms with Gasteiger partial charge in [-0.25, -0.2) is 4.79 Å². The highest BCUT2D eigenvalue weighted by molar-refractivity contribution is 5.67. The van der Waals surface area contributed by atoms with Crippen molar-refractivity contribution in [2.24, 2.45) is 5.92 Å². The number of carbonyl (C=O) groups is 1. The van der Waals surface area contributed by atoms with E-state index in [0.29, 0.717) is 12.5 Å². The van der Waals surface area contributed by atoms with Crippen molar-refractivity contribution in [2.45, 2.75) is 64.6 Å². The first kappa shape index (κ1) is 14.3. The molecule has 17 heavy (non-hydrogen) atoms. The lowest BCUT2D eigenvalue weighted by molar-refractivity contribution is 0.0519. The van der Waals surface area contributed by atoms with E-state index in [1.165, 1.54) is 0 Å². The Labute approximate surface area is 104 Å². The average molecular weight is 243 g/mol. The van der Waals surface area contributed by atoms with Crippen molar-refractivity contribution in [3.8, 4) is 0 Å². The quantitative estimate of drug-likeness (QED) is 0.800. The molecule has 1 saturated carbocycles. The monoisotopic (exact) mass is 243 g/mol. The van der Waals surface area contributed by atoms with Crippen LogP contribution >= 0.6 is 0 Å². The van der Waals surface area contributed by atoms with Crippen molar-refractivity contribution >= 4 is 6.09 Å². The number of hydrogen-bond donors (Lipinski definition) is 2. The molecule has 1 aliphatic carbocycles. The molecule has 0 atom stereocenters. The van der Waals surface area contributed by atoms with E-state index in [4.69, 9.17) is 4.74 Å². The molecule has 0 saturated heterocycles. The lowest BCUT2D eigenvalue weighted by atomic mass is 9.85. The molecule has 1 aliphatic rings. The summed E-state index contributed by atoms with van der Waals surface area (Å²) in [6.07, 6.45) is 4.47. The van der Waals surface area contributed by atoms with Crippen LogP contribution < -0.4 is 5.32 Å². The van der Waals surface area contributed by atoms with Gasteiger partial charge in [-0.15, -0.1) is 0 Å². The number of hydrogen-bond acceptors (Lipinski definition) is 3. The Balaban J connectivity index is 2.09. The highest BCUT2D eigenvalue weighted by Crippen LogP contribution is 2.26. The maximum absolute atomic E-state index is 11.4. The predicted molar refractivity (Wildman–Crippen MR) is 66.8 cm³/mol. The van der Waals surface area contributed by atoms with E-state index in [1.807, 2.05) is 20.8 Å². The number of ether oxygens (including phenoxy) is 1. The summed E-state index contributed by atoms with van der Waals surface area (Å²) >= 11 is 0.